The lowest BCUT2D eigenvalue weighted by atomic mass is 9.72. The van der Waals surface area contributed by atoms with Gasteiger partial charge in [0, 0.05) is 5.92 Å². The van der Waals surface area contributed by atoms with E-state index in [1.54, 1.807) is 0 Å². The lowest BCUT2D eigenvalue weighted by Gasteiger charge is -2.33. The summed E-state index contributed by atoms with van der Waals surface area (Å²) in [7, 11) is 0. The van der Waals surface area contributed by atoms with Crippen LogP contribution >= 0.6 is 0 Å². The molecule has 2 heteroatoms. The SMILES string of the molecule is CC1(C)CCCC(C(N)=O)C1. The summed E-state index contributed by atoms with van der Waals surface area (Å²) >= 11 is 0. The number of amides is 1. The smallest absolute Gasteiger partial charge is 0.220 e. The molecule has 0 radical (unpaired) electrons. The maximum absolute atomic E-state index is 10.9. The minimum atomic E-state index is -0.113. The van der Waals surface area contributed by atoms with E-state index in [9.17, 15) is 4.79 Å². The van der Waals surface area contributed by atoms with Crippen molar-refractivity contribution in [2.24, 2.45) is 17.1 Å². The van der Waals surface area contributed by atoms with Gasteiger partial charge in [0.15, 0.2) is 0 Å². The maximum Gasteiger partial charge on any atom is 0.220 e. The van der Waals surface area contributed by atoms with Crippen LogP contribution in [0.5, 0.6) is 0 Å². The third-order valence-electron chi connectivity index (χ3n) is 2.61. The van der Waals surface area contributed by atoms with Gasteiger partial charge in [0.2, 0.25) is 5.91 Å². The van der Waals surface area contributed by atoms with Gasteiger partial charge in [0.1, 0.15) is 0 Å². The first-order valence-corrected chi connectivity index (χ1v) is 4.31. The largest absolute Gasteiger partial charge is 0.369 e. The molecule has 2 N–H and O–H groups in total. The standard InChI is InChI=1S/C9H17NO/c1-9(2)5-3-4-7(6-9)8(10)11/h7H,3-6H2,1-2H3,(H2,10,11). The molecule has 0 saturated heterocycles. The van der Waals surface area contributed by atoms with Crippen LogP contribution in [0.25, 0.3) is 0 Å². The van der Waals surface area contributed by atoms with E-state index in [1.165, 1.54) is 6.42 Å². The van der Waals surface area contributed by atoms with Crippen molar-refractivity contribution in [1.82, 2.24) is 0 Å². The van der Waals surface area contributed by atoms with Gasteiger partial charge in [-0.2, -0.15) is 0 Å². The topological polar surface area (TPSA) is 43.1 Å². The summed E-state index contributed by atoms with van der Waals surface area (Å²) in [6.45, 7) is 4.42. The van der Waals surface area contributed by atoms with Crippen LogP contribution in [0.2, 0.25) is 0 Å². The summed E-state index contributed by atoms with van der Waals surface area (Å²) in [5.41, 5.74) is 5.58. The second kappa shape index (κ2) is 2.84. The molecule has 0 aromatic carbocycles. The molecule has 0 heterocycles. The maximum atomic E-state index is 10.9. The lowest BCUT2D eigenvalue weighted by Crippen LogP contribution is -2.31. The molecule has 0 aliphatic heterocycles. The molecule has 0 bridgehead atoms. The first-order chi connectivity index (χ1) is 5.01. The molecule has 1 aliphatic rings. The Hall–Kier alpha value is -0.530. The van der Waals surface area contributed by atoms with Gasteiger partial charge in [-0.15, -0.1) is 0 Å². The van der Waals surface area contributed by atoms with Crippen LogP contribution in [-0.4, -0.2) is 5.91 Å². The highest BCUT2D eigenvalue weighted by molar-refractivity contribution is 5.76. The van der Waals surface area contributed by atoms with Crippen LogP contribution in [0.1, 0.15) is 39.5 Å². The molecule has 0 spiro atoms. The Kier molecular flexibility index (Phi) is 2.21. The van der Waals surface area contributed by atoms with E-state index < -0.39 is 0 Å². The van der Waals surface area contributed by atoms with Crippen LogP contribution in [0, 0.1) is 11.3 Å². The molecule has 2 nitrogen and oxygen atoms in total. The van der Waals surface area contributed by atoms with Gasteiger partial charge in [0.05, 0.1) is 0 Å². The molecule has 1 atom stereocenters. The Labute approximate surface area is 68.2 Å². The molecule has 1 rings (SSSR count). The van der Waals surface area contributed by atoms with E-state index in [0.717, 1.165) is 19.3 Å². The zero-order valence-corrected chi connectivity index (χ0v) is 7.39. The fourth-order valence-corrected chi connectivity index (χ4v) is 1.94. The fourth-order valence-electron chi connectivity index (χ4n) is 1.94. The number of rotatable bonds is 1. The zero-order valence-electron chi connectivity index (χ0n) is 7.39. The van der Waals surface area contributed by atoms with E-state index in [2.05, 4.69) is 13.8 Å². The second-order valence-electron chi connectivity index (χ2n) is 4.36. The quantitative estimate of drug-likeness (QED) is 0.615. The third-order valence-corrected chi connectivity index (χ3v) is 2.61. The summed E-state index contributed by atoms with van der Waals surface area (Å²) in [6, 6.07) is 0. The summed E-state index contributed by atoms with van der Waals surface area (Å²) in [5.74, 6) is 0.0246. The number of carbonyl (C=O) groups is 1. The molecule has 11 heavy (non-hydrogen) atoms. The zero-order chi connectivity index (χ0) is 8.48. The van der Waals surface area contributed by atoms with Crippen LogP contribution < -0.4 is 5.73 Å². The van der Waals surface area contributed by atoms with E-state index >= 15 is 0 Å². The van der Waals surface area contributed by atoms with Crippen LogP contribution in [0.3, 0.4) is 0 Å². The van der Waals surface area contributed by atoms with Crippen molar-refractivity contribution in [3.8, 4) is 0 Å². The Morgan fingerprint density at radius 2 is 2.18 bits per heavy atom. The van der Waals surface area contributed by atoms with E-state index in [0.29, 0.717) is 5.41 Å². The minimum Gasteiger partial charge on any atom is -0.369 e. The van der Waals surface area contributed by atoms with Gasteiger partial charge >= 0.3 is 0 Å². The Morgan fingerprint density at radius 3 is 2.55 bits per heavy atom. The first-order valence-electron chi connectivity index (χ1n) is 4.31. The highest BCUT2D eigenvalue weighted by Gasteiger charge is 2.30. The van der Waals surface area contributed by atoms with Gasteiger partial charge in [-0.05, 0) is 24.7 Å². The van der Waals surface area contributed by atoms with Gasteiger partial charge in [-0.1, -0.05) is 20.3 Å². The number of primary amides is 1. The molecule has 0 aromatic heterocycles. The van der Waals surface area contributed by atoms with Crippen molar-refractivity contribution in [3.63, 3.8) is 0 Å². The Balaban J connectivity index is 2.53. The molecule has 0 aromatic rings. The number of hydrogen-bond donors (Lipinski definition) is 1. The van der Waals surface area contributed by atoms with Crippen molar-refractivity contribution in [3.05, 3.63) is 0 Å². The summed E-state index contributed by atoms with van der Waals surface area (Å²) in [5, 5.41) is 0. The molecule has 1 saturated carbocycles. The normalized spacial score (nSPS) is 29.8. The van der Waals surface area contributed by atoms with Crippen molar-refractivity contribution in [2.75, 3.05) is 0 Å². The first kappa shape index (κ1) is 8.57. The molecular weight excluding hydrogens is 138 g/mol. The van der Waals surface area contributed by atoms with Gasteiger partial charge in [0.25, 0.3) is 0 Å². The van der Waals surface area contributed by atoms with Gasteiger partial charge in [-0.3, -0.25) is 4.79 Å². The molecule has 1 fully saturated rings. The average Bonchev–Trinajstić information content (AvgIpc) is 1.85. The van der Waals surface area contributed by atoms with Crippen LogP contribution in [0.15, 0.2) is 0 Å². The van der Waals surface area contributed by atoms with E-state index in [-0.39, 0.29) is 11.8 Å². The fraction of sp³-hybridized carbons (Fsp3) is 0.889. The molecule has 1 aliphatic carbocycles. The Bertz CT molecular complexity index is 163. The average molecular weight is 155 g/mol. The molecule has 1 unspecified atom stereocenters. The highest BCUT2D eigenvalue weighted by Crippen LogP contribution is 2.38. The summed E-state index contributed by atoms with van der Waals surface area (Å²) in [4.78, 5) is 10.9. The van der Waals surface area contributed by atoms with Crippen molar-refractivity contribution < 1.29 is 4.79 Å². The van der Waals surface area contributed by atoms with Crippen molar-refractivity contribution in [1.29, 1.82) is 0 Å². The number of nitrogens with two attached hydrogens (primary N) is 1. The summed E-state index contributed by atoms with van der Waals surface area (Å²) in [6.07, 6.45) is 4.36. The molecule has 64 valence electrons. The monoisotopic (exact) mass is 155 g/mol. The van der Waals surface area contributed by atoms with Gasteiger partial charge < -0.3 is 5.73 Å². The summed E-state index contributed by atoms with van der Waals surface area (Å²) < 4.78 is 0. The van der Waals surface area contributed by atoms with Crippen LogP contribution in [0.4, 0.5) is 0 Å². The molecule has 1 amide bonds. The molecular formula is C9H17NO. The third kappa shape index (κ3) is 2.21. The highest BCUT2D eigenvalue weighted by atomic mass is 16.1. The lowest BCUT2D eigenvalue weighted by molar-refractivity contribution is -0.123. The van der Waals surface area contributed by atoms with E-state index in [1.807, 2.05) is 0 Å². The minimum absolute atomic E-state index is 0.113. The predicted molar refractivity (Wildman–Crippen MR) is 44.9 cm³/mol. The Morgan fingerprint density at radius 1 is 1.55 bits per heavy atom. The number of hydrogen-bond acceptors (Lipinski definition) is 1. The number of carbonyl (C=O) groups excluding carboxylic acids is 1. The van der Waals surface area contributed by atoms with Crippen molar-refractivity contribution in [2.45, 2.75) is 39.5 Å². The predicted octanol–water partition coefficient (Wildman–Crippen LogP) is 1.69. The second-order valence-corrected chi connectivity index (χ2v) is 4.36. The van der Waals surface area contributed by atoms with Crippen molar-refractivity contribution >= 4 is 5.91 Å². The van der Waals surface area contributed by atoms with E-state index in [4.69, 9.17) is 5.73 Å². The van der Waals surface area contributed by atoms with Crippen LogP contribution in [-0.2, 0) is 4.79 Å². The van der Waals surface area contributed by atoms with Gasteiger partial charge in [-0.25, -0.2) is 0 Å².